The molecule has 15 nitrogen and oxygen atoms in total. The molecular formula is C74H113N3O12S. The molecule has 0 aliphatic heterocycles. The molecule has 3 aromatic rings. The summed E-state index contributed by atoms with van der Waals surface area (Å²) in [5.74, 6) is -2.96. The van der Waals surface area contributed by atoms with Crippen LogP contribution in [0.4, 0.5) is 4.79 Å². The van der Waals surface area contributed by atoms with Gasteiger partial charge in [-0.1, -0.05) is 229 Å². The number of thioether (sulfide) groups is 1. The van der Waals surface area contributed by atoms with Crippen LogP contribution in [0.3, 0.4) is 0 Å². The molecule has 3 amide bonds. The number of benzene rings is 3. The van der Waals surface area contributed by atoms with Crippen molar-refractivity contribution >= 4 is 53.5 Å². The summed E-state index contributed by atoms with van der Waals surface area (Å²) in [6.07, 6.45) is 29.8. The fraction of sp³-hybridized carbons (Fsp3) is 0.662. The van der Waals surface area contributed by atoms with Crippen molar-refractivity contribution in [1.29, 1.82) is 0 Å². The summed E-state index contributed by atoms with van der Waals surface area (Å²) in [6.45, 7) is 14.8. The van der Waals surface area contributed by atoms with Gasteiger partial charge < -0.3 is 39.6 Å². The van der Waals surface area contributed by atoms with Gasteiger partial charge in [0, 0.05) is 48.8 Å². The van der Waals surface area contributed by atoms with Gasteiger partial charge in [0.05, 0.1) is 0 Å². The Bertz CT molecular complexity index is 2530. The molecule has 502 valence electrons. The topological polar surface area (TPSA) is 202 Å². The van der Waals surface area contributed by atoms with E-state index >= 15 is 0 Å². The molecule has 0 aromatic heterocycles. The molecule has 3 aromatic carbocycles. The number of nitrogens with one attached hydrogen (secondary N) is 3. The van der Waals surface area contributed by atoms with Crippen LogP contribution in [-0.2, 0) is 54.2 Å². The van der Waals surface area contributed by atoms with Crippen molar-refractivity contribution in [3.05, 3.63) is 95.1 Å². The largest absolute Gasteiger partial charge is 0.462 e. The zero-order chi connectivity index (χ0) is 65.4. The number of hydrogen-bond donors (Lipinski definition) is 3. The Balaban J connectivity index is 1.39. The maximum Gasteiger partial charge on any atom is 0.407 e. The average Bonchev–Trinajstić information content (AvgIpc) is 1.63. The van der Waals surface area contributed by atoms with Gasteiger partial charge in [-0.05, 0) is 101 Å². The van der Waals surface area contributed by atoms with Crippen LogP contribution in [0.1, 0.15) is 281 Å². The van der Waals surface area contributed by atoms with E-state index in [4.69, 9.17) is 23.7 Å². The molecule has 3 N–H and O–H groups in total. The van der Waals surface area contributed by atoms with Crippen molar-refractivity contribution in [2.24, 2.45) is 0 Å². The molecule has 0 radical (unpaired) electrons. The highest BCUT2D eigenvalue weighted by Gasteiger charge is 2.32. The van der Waals surface area contributed by atoms with E-state index in [1.165, 1.54) is 127 Å². The summed E-state index contributed by atoms with van der Waals surface area (Å²) in [4.78, 5) is 94.0. The van der Waals surface area contributed by atoms with Gasteiger partial charge in [-0.2, -0.15) is 11.8 Å². The number of rotatable bonds is 47. The second-order valence-corrected chi connectivity index (χ2v) is 27.5. The van der Waals surface area contributed by atoms with Crippen molar-refractivity contribution < 1.29 is 57.2 Å². The molecule has 90 heavy (non-hydrogen) atoms. The van der Waals surface area contributed by atoms with Crippen molar-refractivity contribution in [2.45, 2.75) is 290 Å². The number of fused-ring (bicyclic) bond motifs is 3. The summed E-state index contributed by atoms with van der Waals surface area (Å²) in [6, 6.07) is 20.3. The predicted molar refractivity (Wildman–Crippen MR) is 361 cm³/mol. The number of amides is 3. The van der Waals surface area contributed by atoms with Crippen LogP contribution in [0.15, 0.2) is 72.8 Å². The highest BCUT2D eigenvalue weighted by Crippen LogP contribution is 2.44. The Morgan fingerprint density at radius 1 is 0.489 bits per heavy atom. The van der Waals surface area contributed by atoms with E-state index in [2.05, 4.69) is 41.9 Å². The second-order valence-electron chi connectivity index (χ2n) is 26.4. The van der Waals surface area contributed by atoms with Gasteiger partial charge in [0.1, 0.15) is 42.6 Å². The van der Waals surface area contributed by atoms with E-state index in [-0.39, 0.29) is 80.4 Å². The zero-order valence-electron chi connectivity index (χ0n) is 56.3. The number of alkyl carbamates (subject to hydrolysis) is 1. The number of esters is 4. The number of ether oxygens (including phenoxy) is 5. The van der Waals surface area contributed by atoms with Gasteiger partial charge in [-0.3, -0.25) is 24.0 Å². The zero-order valence-corrected chi connectivity index (χ0v) is 57.1. The Morgan fingerprint density at radius 2 is 0.956 bits per heavy atom. The molecule has 16 heteroatoms. The van der Waals surface area contributed by atoms with Crippen LogP contribution in [-0.4, -0.2) is 95.9 Å². The monoisotopic (exact) mass is 1270 g/mol. The minimum atomic E-state index is -1.13. The summed E-state index contributed by atoms with van der Waals surface area (Å²) < 4.78 is 28.7. The van der Waals surface area contributed by atoms with Gasteiger partial charge in [-0.25, -0.2) is 9.59 Å². The molecule has 0 saturated carbocycles. The Morgan fingerprint density at radius 3 is 1.44 bits per heavy atom. The van der Waals surface area contributed by atoms with E-state index in [0.29, 0.717) is 12.0 Å². The standard InChI is InChI=1S/C74H113N3O12S/c1-9-11-13-15-17-19-21-23-25-27-29-31-33-43-66(78)85-52-58(87-67(79)44-34-32-30-28-26-24-22-20-18-16-14-12-10-2)54-90-55-65(77-72(84)86-53-63-61-41-37-35-39-59(61)60-40-36-38-42-62(60)63)70(82)75-51-56-45-47-57(48-46-56)69(81)76-64(71(83)89-74(6,7)8)49-50-68(80)88-73(3,4)5/h35-42,45-48,58,63-65H,9-34,43-44,49-55H2,1-8H3,(H,75,82)(H,76,81)(H,77,84)/t58?,64-,65?/m0/s1. The first kappa shape index (κ1) is 76.6. The maximum atomic E-state index is 14.2. The molecule has 0 spiro atoms. The van der Waals surface area contributed by atoms with E-state index in [9.17, 15) is 33.6 Å². The summed E-state index contributed by atoms with van der Waals surface area (Å²) in [5, 5.41) is 8.45. The van der Waals surface area contributed by atoms with Crippen LogP contribution in [0.25, 0.3) is 11.1 Å². The highest BCUT2D eigenvalue weighted by atomic mass is 32.2. The molecule has 0 saturated heterocycles. The summed E-state index contributed by atoms with van der Waals surface area (Å²) >= 11 is 1.28. The first-order valence-corrected chi connectivity index (χ1v) is 35.6. The van der Waals surface area contributed by atoms with E-state index in [1.54, 1.807) is 65.8 Å². The fourth-order valence-electron chi connectivity index (χ4n) is 11.1. The molecule has 0 heterocycles. The van der Waals surface area contributed by atoms with E-state index in [1.807, 2.05) is 36.4 Å². The third-order valence-corrected chi connectivity index (χ3v) is 17.2. The maximum absolute atomic E-state index is 14.2. The Hall–Kier alpha value is -5.90. The molecular weight excluding hydrogens is 1150 g/mol. The number of carbonyl (C=O) groups excluding carboxylic acids is 7. The third-order valence-electron chi connectivity index (χ3n) is 16.0. The molecule has 0 fully saturated rings. The molecule has 2 unspecified atom stereocenters. The van der Waals surface area contributed by atoms with Crippen LogP contribution >= 0.6 is 11.8 Å². The Labute approximate surface area is 544 Å². The second kappa shape index (κ2) is 43.8. The normalized spacial score (nSPS) is 13.1. The lowest BCUT2D eigenvalue weighted by Gasteiger charge is -2.25. The predicted octanol–water partition coefficient (Wildman–Crippen LogP) is 16.9. The lowest BCUT2D eigenvalue weighted by Crippen LogP contribution is -2.48. The van der Waals surface area contributed by atoms with Crippen LogP contribution < -0.4 is 16.0 Å². The van der Waals surface area contributed by atoms with Gasteiger partial charge in [0.15, 0.2) is 0 Å². The lowest BCUT2D eigenvalue weighted by molar-refractivity contribution is -0.158. The molecule has 4 rings (SSSR count). The lowest BCUT2D eigenvalue weighted by atomic mass is 9.98. The summed E-state index contributed by atoms with van der Waals surface area (Å²) in [7, 11) is 0. The quantitative estimate of drug-likeness (QED) is 0.0274. The van der Waals surface area contributed by atoms with Crippen LogP contribution in [0, 0.1) is 0 Å². The highest BCUT2D eigenvalue weighted by molar-refractivity contribution is 7.99. The molecule has 3 atom stereocenters. The van der Waals surface area contributed by atoms with Crippen LogP contribution in [0.2, 0.25) is 0 Å². The fourth-order valence-corrected chi connectivity index (χ4v) is 12.1. The van der Waals surface area contributed by atoms with Crippen molar-refractivity contribution in [3.8, 4) is 11.1 Å². The van der Waals surface area contributed by atoms with Crippen molar-refractivity contribution in [2.75, 3.05) is 24.7 Å². The molecule has 1 aliphatic rings. The van der Waals surface area contributed by atoms with Crippen molar-refractivity contribution in [3.63, 3.8) is 0 Å². The minimum Gasteiger partial charge on any atom is -0.462 e. The average molecular weight is 1270 g/mol. The molecule has 1 aliphatic carbocycles. The van der Waals surface area contributed by atoms with Crippen LogP contribution in [0.5, 0.6) is 0 Å². The number of carbonyl (C=O) groups is 7. The summed E-state index contributed by atoms with van der Waals surface area (Å²) in [5.41, 5.74) is 3.54. The minimum absolute atomic E-state index is 0.0271. The smallest absolute Gasteiger partial charge is 0.407 e. The first-order chi connectivity index (χ1) is 43.3. The third kappa shape index (κ3) is 32.9. The SMILES string of the molecule is CCCCCCCCCCCCCCCC(=O)OCC(CSCC(NC(=O)OCC1c2ccccc2-c2ccccc21)C(=O)NCc1ccc(C(=O)N[C@@H](CCC(=O)OC(C)(C)C)C(=O)OC(C)(C)C)cc1)OC(=O)CCCCCCCCCCCCCCC. The Kier molecular flexibility index (Phi) is 37.2. The van der Waals surface area contributed by atoms with Gasteiger partial charge in [0.2, 0.25) is 5.91 Å². The number of hydrogen-bond acceptors (Lipinski definition) is 13. The van der Waals surface area contributed by atoms with E-state index < -0.39 is 59.2 Å². The van der Waals surface area contributed by atoms with Gasteiger partial charge in [0.25, 0.3) is 5.91 Å². The number of unbranched alkanes of at least 4 members (excludes halogenated alkanes) is 24. The van der Waals surface area contributed by atoms with Crippen molar-refractivity contribution in [1.82, 2.24) is 16.0 Å². The van der Waals surface area contributed by atoms with Gasteiger partial charge >= 0.3 is 30.0 Å². The van der Waals surface area contributed by atoms with Gasteiger partial charge in [-0.15, -0.1) is 0 Å². The van der Waals surface area contributed by atoms with E-state index in [0.717, 1.165) is 67.2 Å². The first-order valence-electron chi connectivity index (χ1n) is 34.4. The molecule has 0 bridgehead atoms.